The summed E-state index contributed by atoms with van der Waals surface area (Å²) in [5.41, 5.74) is 0. The number of phosphoric ester groups is 2. The van der Waals surface area contributed by atoms with Crippen LogP contribution in [-0.4, -0.2) is 96.7 Å². The standard InChI is InChI=1S/C78H152O17P2/c1-7-10-12-14-16-18-29-38-44-50-56-62-77(82)94-73(66-88-75(80)60-54-48-42-36-19-17-15-13-11-8-2)68-92-96(84,85)90-64-72(79)65-91-97(86,87)93-69-74(67-89-76(81)61-55-49-43-37-33-28-30-34-40-46-52-58-70(4)5)95-78(83)63-57-51-45-39-32-27-25-23-21-20-22-24-26-31-35-41-47-53-59-71(6)9-3/h70-74,79H,7-69H2,1-6H3,(H,84,85)(H,86,87)/t71?,72-,73+,74+/m0/s1. The molecule has 0 aromatic heterocycles. The third kappa shape index (κ3) is 70.9. The summed E-state index contributed by atoms with van der Waals surface area (Å²) in [7, 11) is -9.91. The first-order valence-electron chi connectivity index (χ1n) is 40.5. The highest BCUT2D eigenvalue weighted by molar-refractivity contribution is 7.47. The van der Waals surface area contributed by atoms with Crippen LogP contribution >= 0.6 is 15.6 Å². The van der Waals surface area contributed by atoms with Gasteiger partial charge in [-0.15, -0.1) is 0 Å². The van der Waals surface area contributed by atoms with Crippen LogP contribution in [0.25, 0.3) is 0 Å². The van der Waals surface area contributed by atoms with Gasteiger partial charge < -0.3 is 33.8 Å². The summed E-state index contributed by atoms with van der Waals surface area (Å²) in [4.78, 5) is 72.8. The molecule has 0 aromatic carbocycles. The number of aliphatic hydroxyl groups excluding tert-OH is 1. The van der Waals surface area contributed by atoms with Gasteiger partial charge in [-0.25, -0.2) is 9.13 Å². The van der Waals surface area contributed by atoms with Gasteiger partial charge in [-0.05, 0) is 37.5 Å². The molecule has 97 heavy (non-hydrogen) atoms. The van der Waals surface area contributed by atoms with Crippen LogP contribution in [-0.2, 0) is 65.4 Å². The lowest BCUT2D eigenvalue weighted by molar-refractivity contribution is -0.161. The minimum Gasteiger partial charge on any atom is -0.462 e. The molecule has 3 N–H and O–H groups in total. The van der Waals surface area contributed by atoms with Crippen LogP contribution in [0.5, 0.6) is 0 Å². The van der Waals surface area contributed by atoms with Crippen LogP contribution in [0.3, 0.4) is 0 Å². The maximum atomic E-state index is 13.1. The van der Waals surface area contributed by atoms with Crippen molar-refractivity contribution in [2.75, 3.05) is 39.6 Å². The Bertz CT molecular complexity index is 1870. The van der Waals surface area contributed by atoms with Crippen molar-refractivity contribution in [1.29, 1.82) is 0 Å². The Labute approximate surface area is 594 Å². The Hall–Kier alpha value is -1.94. The van der Waals surface area contributed by atoms with Crippen LogP contribution in [0.15, 0.2) is 0 Å². The summed E-state index contributed by atoms with van der Waals surface area (Å²) < 4.78 is 68.5. The molecular formula is C78H152O17P2. The van der Waals surface area contributed by atoms with E-state index in [9.17, 15) is 43.2 Å². The van der Waals surface area contributed by atoms with E-state index >= 15 is 0 Å². The van der Waals surface area contributed by atoms with Crippen LogP contribution < -0.4 is 0 Å². The van der Waals surface area contributed by atoms with Gasteiger partial charge >= 0.3 is 39.5 Å². The quantitative estimate of drug-likeness (QED) is 0.0222. The van der Waals surface area contributed by atoms with Crippen molar-refractivity contribution in [2.45, 2.75) is 426 Å². The minimum absolute atomic E-state index is 0.107. The third-order valence-corrected chi connectivity index (χ3v) is 20.5. The van der Waals surface area contributed by atoms with Gasteiger partial charge in [0.25, 0.3) is 0 Å². The Morgan fingerprint density at radius 2 is 0.526 bits per heavy atom. The van der Waals surface area contributed by atoms with E-state index in [1.165, 1.54) is 225 Å². The molecule has 0 amide bonds. The molecule has 17 nitrogen and oxygen atoms in total. The first kappa shape index (κ1) is 95.1. The summed E-state index contributed by atoms with van der Waals surface area (Å²) in [5, 5.41) is 10.6. The first-order valence-corrected chi connectivity index (χ1v) is 43.5. The van der Waals surface area contributed by atoms with E-state index in [0.717, 1.165) is 102 Å². The fourth-order valence-corrected chi connectivity index (χ4v) is 13.6. The fourth-order valence-electron chi connectivity index (χ4n) is 12.0. The monoisotopic (exact) mass is 1420 g/mol. The number of phosphoric acid groups is 2. The highest BCUT2D eigenvalue weighted by Gasteiger charge is 2.30. The van der Waals surface area contributed by atoms with Crippen molar-refractivity contribution in [3.8, 4) is 0 Å². The molecule has 0 aliphatic carbocycles. The molecule has 6 atom stereocenters. The maximum Gasteiger partial charge on any atom is 0.472 e. The molecule has 0 saturated carbocycles. The number of esters is 4. The molecule has 3 unspecified atom stereocenters. The van der Waals surface area contributed by atoms with E-state index in [-0.39, 0.29) is 25.7 Å². The van der Waals surface area contributed by atoms with E-state index < -0.39 is 97.5 Å². The smallest absolute Gasteiger partial charge is 0.462 e. The normalized spacial score (nSPS) is 14.2. The van der Waals surface area contributed by atoms with Crippen molar-refractivity contribution in [1.82, 2.24) is 0 Å². The van der Waals surface area contributed by atoms with Gasteiger partial charge in [0, 0.05) is 25.7 Å². The van der Waals surface area contributed by atoms with E-state index in [2.05, 4.69) is 41.5 Å². The second kappa shape index (κ2) is 69.8. The molecule has 0 bridgehead atoms. The highest BCUT2D eigenvalue weighted by Crippen LogP contribution is 2.45. The first-order chi connectivity index (χ1) is 46.9. The molecule has 0 rings (SSSR count). The predicted octanol–water partition coefficient (Wildman–Crippen LogP) is 23.1. The van der Waals surface area contributed by atoms with Gasteiger partial charge in [-0.3, -0.25) is 37.3 Å². The van der Waals surface area contributed by atoms with E-state index in [1.807, 2.05) is 0 Å². The molecule has 576 valence electrons. The van der Waals surface area contributed by atoms with Crippen molar-refractivity contribution in [3.05, 3.63) is 0 Å². The Morgan fingerprint density at radius 3 is 0.784 bits per heavy atom. The van der Waals surface area contributed by atoms with E-state index in [4.69, 9.17) is 37.0 Å². The summed E-state index contributed by atoms with van der Waals surface area (Å²) in [6.45, 7) is 9.67. The lowest BCUT2D eigenvalue weighted by atomic mass is 9.99. The topological polar surface area (TPSA) is 237 Å². The summed E-state index contributed by atoms with van der Waals surface area (Å²) in [6, 6.07) is 0. The van der Waals surface area contributed by atoms with Crippen molar-refractivity contribution in [3.63, 3.8) is 0 Å². The SMILES string of the molecule is CCCCCCCCCCCCCC(=O)O[C@H](COC(=O)CCCCCCCCCCCC)COP(=O)(O)OC[C@H](O)COP(=O)(O)OC[C@@H](COC(=O)CCCCCCCCCCCCCC(C)C)OC(=O)CCCCCCCCCCCCCCCCCCCCC(C)CC. The van der Waals surface area contributed by atoms with Gasteiger partial charge in [0.1, 0.15) is 19.3 Å². The lowest BCUT2D eigenvalue weighted by Gasteiger charge is -2.21. The van der Waals surface area contributed by atoms with Crippen molar-refractivity contribution < 1.29 is 80.2 Å². The zero-order valence-corrected chi connectivity index (χ0v) is 65.2. The molecule has 0 saturated heterocycles. The number of hydrogen-bond acceptors (Lipinski definition) is 15. The van der Waals surface area contributed by atoms with Gasteiger partial charge in [-0.1, -0.05) is 356 Å². The van der Waals surface area contributed by atoms with Crippen LogP contribution in [0.4, 0.5) is 0 Å². The van der Waals surface area contributed by atoms with E-state index in [1.54, 1.807) is 0 Å². The molecule has 0 aliphatic rings. The second-order valence-electron chi connectivity index (χ2n) is 28.8. The zero-order valence-electron chi connectivity index (χ0n) is 63.4. The largest absolute Gasteiger partial charge is 0.472 e. The average molecular weight is 1420 g/mol. The van der Waals surface area contributed by atoms with Crippen LogP contribution in [0.1, 0.15) is 408 Å². The second-order valence-corrected chi connectivity index (χ2v) is 31.7. The molecule has 0 heterocycles. The third-order valence-electron chi connectivity index (χ3n) is 18.6. The van der Waals surface area contributed by atoms with Gasteiger partial charge in [-0.2, -0.15) is 0 Å². The maximum absolute atomic E-state index is 13.1. The Balaban J connectivity index is 5.19. The Morgan fingerprint density at radius 1 is 0.299 bits per heavy atom. The zero-order chi connectivity index (χ0) is 71.4. The number of unbranched alkanes of at least 4 members (excludes halogenated alkanes) is 46. The molecule has 0 aromatic rings. The van der Waals surface area contributed by atoms with Crippen molar-refractivity contribution >= 4 is 39.5 Å². The van der Waals surface area contributed by atoms with Gasteiger partial charge in [0.2, 0.25) is 0 Å². The number of rotatable bonds is 77. The molecule has 0 aliphatic heterocycles. The number of ether oxygens (including phenoxy) is 4. The number of carbonyl (C=O) groups is 4. The lowest BCUT2D eigenvalue weighted by Crippen LogP contribution is -2.30. The van der Waals surface area contributed by atoms with Gasteiger partial charge in [0.15, 0.2) is 12.2 Å². The summed E-state index contributed by atoms with van der Waals surface area (Å²) in [5.74, 6) is -0.471. The van der Waals surface area contributed by atoms with Gasteiger partial charge in [0.05, 0.1) is 26.4 Å². The summed E-state index contributed by atoms with van der Waals surface area (Å²) >= 11 is 0. The number of hydrogen-bond donors (Lipinski definition) is 3. The molecular weight excluding hydrogens is 1270 g/mol. The average Bonchev–Trinajstić information content (AvgIpc) is 2.08. The van der Waals surface area contributed by atoms with Crippen LogP contribution in [0.2, 0.25) is 0 Å². The predicted molar refractivity (Wildman–Crippen MR) is 395 cm³/mol. The molecule has 19 heteroatoms. The number of carbonyl (C=O) groups excluding carboxylic acids is 4. The molecule has 0 radical (unpaired) electrons. The Kier molecular flexibility index (Phi) is 68.4. The fraction of sp³-hybridized carbons (Fsp3) is 0.949. The highest BCUT2D eigenvalue weighted by atomic mass is 31.2. The number of aliphatic hydroxyl groups is 1. The summed E-state index contributed by atoms with van der Waals surface area (Å²) in [6.07, 6.45) is 58.2. The van der Waals surface area contributed by atoms with E-state index in [0.29, 0.717) is 25.7 Å². The minimum atomic E-state index is -4.96. The van der Waals surface area contributed by atoms with Crippen LogP contribution in [0, 0.1) is 11.8 Å². The molecule has 0 spiro atoms. The van der Waals surface area contributed by atoms with Crippen molar-refractivity contribution in [2.24, 2.45) is 11.8 Å². The molecule has 0 fully saturated rings.